The van der Waals surface area contributed by atoms with E-state index in [2.05, 4.69) is 0 Å². The van der Waals surface area contributed by atoms with Crippen molar-refractivity contribution in [2.75, 3.05) is 6.26 Å². The van der Waals surface area contributed by atoms with Crippen LogP contribution in [-0.4, -0.2) is 15.4 Å². The Morgan fingerprint density at radius 3 is 2.22 bits per heavy atom. The van der Waals surface area contributed by atoms with Crippen LogP contribution >= 0.6 is 0 Å². The summed E-state index contributed by atoms with van der Waals surface area (Å²) in [7, 11) is -1.20. The third-order valence-corrected chi connectivity index (χ3v) is 3.80. The van der Waals surface area contributed by atoms with E-state index in [1.54, 1.807) is 0 Å². The molecule has 0 aliphatic rings. The van der Waals surface area contributed by atoms with Crippen molar-refractivity contribution in [3.63, 3.8) is 0 Å². The molecule has 0 unspecified atom stereocenters. The van der Waals surface area contributed by atoms with Crippen LogP contribution in [0.4, 0.5) is 18.9 Å². The molecule has 23 heavy (non-hydrogen) atoms. The summed E-state index contributed by atoms with van der Waals surface area (Å²) in [4.78, 5) is 10.5. The lowest BCUT2D eigenvalue weighted by molar-refractivity contribution is -0.385. The Morgan fingerprint density at radius 2 is 1.74 bits per heavy atom. The smallest absolute Gasteiger partial charge is 0.416 e. The number of alkyl halides is 3. The minimum absolute atomic E-state index is 0.182. The minimum atomic E-state index is -4.68. The Kier molecular flexibility index (Phi) is 4.69. The first kappa shape index (κ1) is 16.9. The van der Waals surface area contributed by atoms with Gasteiger partial charge in [-0.1, -0.05) is 0 Å². The van der Waals surface area contributed by atoms with E-state index in [9.17, 15) is 27.5 Å². The van der Waals surface area contributed by atoms with Crippen LogP contribution in [0.3, 0.4) is 0 Å². The zero-order valence-electron chi connectivity index (χ0n) is 11.7. The van der Waals surface area contributed by atoms with Gasteiger partial charge in [0.25, 0.3) is 0 Å². The second-order valence-corrected chi connectivity index (χ2v) is 5.84. The highest BCUT2D eigenvalue weighted by Gasteiger charge is 2.33. The summed E-state index contributed by atoms with van der Waals surface area (Å²) in [5.74, 6) is -0.129. The van der Waals surface area contributed by atoms with E-state index in [0.717, 1.165) is 6.07 Å². The number of rotatable bonds is 4. The first-order chi connectivity index (χ1) is 10.7. The van der Waals surface area contributed by atoms with Gasteiger partial charge in [0.2, 0.25) is 5.75 Å². The Balaban J connectivity index is 2.35. The fourth-order valence-corrected chi connectivity index (χ4v) is 2.27. The van der Waals surface area contributed by atoms with Gasteiger partial charge in [0.15, 0.2) is 0 Å². The van der Waals surface area contributed by atoms with Crippen LogP contribution in [0.2, 0.25) is 0 Å². The van der Waals surface area contributed by atoms with Crippen molar-refractivity contribution in [2.24, 2.45) is 0 Å². The van der Waals surface area contributed by atoms with E-state index in [-0.39, 0.29) is 11.5 Å². The molecule has 122 valence electrons. The largest absolute Gasteiger partial charge is 0.450 e. The molecule has 0 saturated carbocycles. The lowest BCUT2D eigenvalue weighted by atomic mass is 10.2. The monoisotopic (exact) mass is 345 g/mol. The first-order valence-electron chi connectivity index (χ1n) is 6.15. The molecule has 0 bridgehead atoms. The van der Waals surface area contributed by atoms with Gasteiger partial charge in [-0.2, -0.15) is 13.2 Å². The molecule has 0 heterocycles. The summed E-state index contributed by atoms with van der Waals surface area (Å²) in [5, 5.41) is 11.0. The van der Waals surface area contributed by atoms with E-state index < -0.39 is 33.2 Å². The van der Waals surface area contributed by atoms with Crippen molar-refractivity contribution in [1.82, 2.24) is 0 Å². The topological polar surface area (TPSA) is 69.4 Å². The third kappa shape index (κ3) is 4.07. The molecule has 2 aromatic carbocycles. The lowest BCUT2D eigenvalue weighted by Gasteiger charge is -2.10. The van der Waals surface area contributed by atoms with E-state index in [1.165, 1.54) is 30.5 Å². The number of nitro groups is 1. The molecule has 0 amide bonds. The number of ether oxygens (including phenoxy) is 1. The van der Waals surface area contributed by atoms with E-state index in [0.29, 0.717) is 17.0 Å². The van der Waals surface area contributed by atoms with Gasteiger partial charge in [-0.3, -0.25) is 14.3 Å². The molecule has 0 aliphatic carbocycles. The van der Waals surface area contributed by atoms with Gasteiger partial charge in [-0.05, 0) is 36.4 Å². The van der Waals surface area contributed by atoms with Crippen molar-refractivity contribution >= 4 is 16.5 Å². The van der Waals surface area contributed by atoms with Crippen molar-refractivity contribution in [2.45, 2.75) is 11.1 Å². The van der Waals surface area contributed by atoms with Gasteiger partial charge >= 0.3 is 11.9 Å². The molecule has 0 N–H and O–H groups in total. The normalized spacial score (nSPS) is 12.7. The van der Waals surface area contributed by atoms with Crippen LogP contribution in [0, 0.1) is 10.1 Å². The van der Waals surface area contributed by atoms with Crippen LogP contribution in [0.1, 0.15) is 5.56 Å². The van der Waals surface area contributed by atoms with E-state index >= 15 is 0 Å². The fourth-order valence-electron chi connectivity index (χ4n) is 1.75. The summed E-state index contributed by atoms with van der Waals surface area (Å²) in [6.45, 7) is 0. The fraction of sp³-hybridized carbons (Fsp3) is 0.143. The zero-order valence-corrected chi connectivity index (χ0v) is 12.5. The van der Waals surface area contributed by atoms with Crippen molar-refractivity contribution in [3.8, 4) is 11.5 Å². The summed E-state index contributed by atoms with van der Waals surface area (Å²) in [6, 6.07) is 7.88. The highest BCUT2D eigenvalue weighted by molar-refractivity contribution is 7.84. The minimum Gasteiger partial charge on any atom is -0.450 e. The van der Waals surface area contributed by atoms with Crippen LogP contribution in [0.25, 0.3) is 0 Å². The predicted octanol–water partition coefficient (Wildman–Crippen LogP) is 4.14. The third-order valence-electron chi connectivity index (χ3n) is 2.87. The molecular formula is C14H10F3NO4S. The van der Waals surface area contributed by atoms with Gasteiger partial charge in [0, 0.05) is 28.0 Å². The maximum Gasteiger partial charge on any atom is 0.416 e. The van der Waals surface area contributed by atoms with Crippen molar-refractivity contribution in [1.29, 1.82) is 0 Å². The highest BCUT2D eigenvalue weighted by atomic mass is 32.2. The molecule has 2 aromatic rings. The standard InChI is InChI=1S/C14H10F3NO4S/c1-23(21)11-5-3-10(4-6-11)22-13-7-2-9(14(15,16)17)8-12(13)18(19)20/h2-8H,1H3/t23-/m1/s1. The second-order valence-electron chi connectivity index (χ2n) is 4.46. The number of hydrogen-bond acceptors (Lipinski definition) is 4. The molecule has 0 aliphatic heterocycles. The SMILES string of the molecule is C[S@@](=O)c1ccc(Oc2ccc(C(F)(F)F)cc2[N+](=O)[O-])cc1. The average molecular weight is 345 g/mol. The number of benzene rings is 2. The van der Waals surface area contributed by atoms with E-state index in [4.69, 9.17) is 4.74 Å². The number of nitro benzene ring substituents is 1. The Bertz CT molecular complexity index is 760. The summed E-state index contributed by atoms with van der Waals surface area (Å²) >= 11 is 0. The van der Waals surface area contributed by atoms with Gasteiger partial charge in [-0.25, -0.2) is 0 Å². The molecular weight excluding hydrogens is 335 g/mol. The van der Waals surface area contributed by atoms with Gasteiger partial charge < -0.3 is 4.74 Å². The maximum atomic E-state index is 12.6. The first-order valence-corrected chi connectivity index (χ1v) is 7.71. The van der Waals surface area contributed by atoms with Crippen LogP contribution in [0.5, 0.6) is 11.5 Å². The molecule has 0 saturated heterocycles. The molecule has 2 rings (SSSR count). The number of nitrogens with zero attached hydrogens (tertiary/aromatic N) is 1. The van der Waals surface area contributed by atoms with Crippen LogP contribution in [-0.2, 0) is 17.0 Å². The predicted molar refractivity (Wildman–Crippen MR) is 76.9 cm³/mol. The van der Waals surface area contributed by atoms with Crippen molar-refractivity contribution in [3.05, 3.63) is 58.1 Å². The molecule has 0 fully saturated rings. The molecule has 0 aromatic heterocycles. The molecule has 9 heteroatoms. The second kappa shape index (κ2) is 6.37. The molecule has 5 nitrogen and oxygen atoms in total. The summed E-state index contributed by atoms with van der Waals surface area (Å²) < 4.78 is 54.4. The Hall–Kier alpha value is -2.42. The van der Waals surface area contributed by atoms with Crippen molar-refractivity contribution < 1.29 is 27.0 Å². The Labute approximate surface area is 131 Å². The Morgan fingerprint density at radius 1 is 1.13 bits per heavy atom. The molecule has 0 spiro atoms. The molecule has 1 atom stereocenters. The zero-order chi connectivity index (χ0) is 17.2. The quantitative estimate of drug-likeness (QED) is 0.617. The number of halogens is 3. The number of hydrogen-bond donors (Lipinski definition) is 0. The van der Waals surface area contributed by atoms with Crippen LogP contribution in [0.15, 0.2) is 47.4 Å². The summed E-state index contributed by atoms with van der Waals surface area (Å²) in [5.41, 5.74) is -1.92. The van der Waals surface area contributed by atoms with Gasteiger partial charge in [-0.15, -0.1) is 0 Å². The van der Waals surface area contributed by atoms with Gasteiger partial charge in [0.1, 0.15) is 5.75 Å². The molecule has 0 radical (unpaired) electrons. The van der Waals surface area contributed by atoms with E-state index in [1.807, 2.05) is 0 Å². The highest BCUT2D eigenvalue weighted by Crippen LogP contribution is 2.37. The van der Waals surface area contributed by atoms with Gasteiger partial charge in [0.05, 0.1) is 10.5 Å². The summed E-state index contributed by atoms with van der Waals surface area (Å²) in [6.07, 6.45) is -3.20. The average Bonchev–Trinajstić information content (AvgIpc) is 2.46. The maximum absolute atomic E-state index is 12.6. The lowest BCUT2D eigenvalue weighted by Crippen LogP contribution is -2.06. The van der Waals surface area contributed by atoms with Crippen LogP contribution < -0.4 is 4.74 Å².